The van der Waals surface area contributed by atoms with Crippen LogP contribution in [0.3, 0.4) is 0 Å². The molecule has 1 saturated carbocycles. The summed E-state index contributed by atoms with van der Waals surface area (Å²) in [6.45, 7) is 1.55. The molecule has 2 atom stereocenters. The van der Waals surface area contributed by atoms with Crippen LogP contribution >= 0.6 is 0 Å². The summed E-state index contributed by atoms with van der Waals surface area (Å²) in [6.07, 6.45) is 6.26. The number of carbonyl (C=O) groups excluding carboxylic acids is 1. The number of amides is 1. The quantitative estimate of drug-likeness (QED) is 0.875. The molecule has 2 aliphatic carbocycles. The molecule has 102 valence electrons. The van der Waals surface area contributed by atoms with Crippen LogP contribution in [0.25, 0.3) is 0 Å². The monoisotopic (exact) mass is 258 g/mol. The van der Waals surface area contributed by atoms with Crippen molar-refractivity contribution in [3.8, 4) is 0 Å². The first-order chi connectivity index (χ1) is 9.15. The molecule has 0 heterocycles. The van der Waals surface area contributed by atoms with E-state index in [1.165, 1.54) is 30.4 Å². The number of anilines is 1. The molecule has 0 bridgehead atoms. The summed E-state index contributed by atoms with van der Waals surface area (Å²) in [7, 11) is 0. The van der Waals surface area contributed by atoms with Crippen LogP contribution in [0.1, 0.15) is 49.8 Å². The minimum atomic E-state index is -0.0120. The van der Waals surface area contributed by atoms with Gasteiger partial charge in [-0.1, -0.05) is 25.0 Å². The molecule has 0 saturated heterocycles. The Hall–Kier alpha value is -1.35. The maximum absolute atomic E-state index is 11.3. The Kier molecular flexibility index (Phi) is 3.31. The first-order valence-corrected chi connectivity index (χ1v) is 7.30. The molecule has 1 aromatic carbocycles. The van der Waals surface area contributed by atoms with Crippen LogP contribution in [0.2, 0.25) is 0 Å². The lowest BCUT2D eigenvalue weighted by atomic mass is 9.77. The second-order valence-electron chi connectivity index (χ2n) is 6.06. The Labute approximate surface area is 114 Å². The number of hydrogen-bond donors (Lipinski definition) is 2. The van der Waals surface area contributed by atoms with E-state index in [1.807, 2.05) is 12.1 Å². The van der Waals surface area contributed by atoms with Crippen molar-refractivity contribution >= 4 is 11.6 Å². The third-order valence-corrected chi connectivity index (χ3v) is 4.49. The van der Waals surface area contributed by atoms with Crippen molar-refractivity contribution in [3.63, 3.8) is 0 Å². The van der Waals surface area contributed by atoms with Gasteiger partial charge in [0, 0.05) is 18.7 Å². The summed E-state index contributed by atoms with van der Waals surface area (Å²) in [4.78, 5) is 11.3. The van der Waals surface area contributed by atoms with Gasteiger partial charge >= 0.3 is 0 Å². The minimum Gasteiger partial charge on any atom is -0.326 e. The summed E-state index contributed by atoms with van der Waals surface area (Å²) in [5.41, 5.74) is 9.89. The van der Waals surface area contributed by atoms with Gasteiger partial charge in [-0.15, -0.1) is 0 Å². The predicted octanol–water partition coefficient (Wildman–Crippen LogP) is 3.01. The van der Waals surface area contributed by atoms with Crippen LogP contribution in [-0.4, -0.2) is 5.91 Å². The number of fused-ring (bicyclic) bond motifs is 1. The average molecular weight is 258 g/mol. The first kappa shape index (κ1) is 12.7. The summed E-state index contributed by atoms with van der Waals surface area (Å²) in [6, 6.07) is 6.25. The van der Waals surface area contributed by atoms with E-state index in [4.69, 9.17) is 5.73 Å². The highest BCUT2D eigenvalue weighted by atomic mass is 16.1. The molecule has 3 nitrogen and oxygen atoms in total. The molecule has 2 unspecified atom stereocenters. The minimum absolute atomic E-state index is 0.0120. The van der Waals surface area contributed by atoms with Gasteiger partial charge in [-0.25, -0.2) is 0 Å². The fraction of sp³-hybridized carbons (Fsp3) is 0.562. The van der Waals surface area contributed by atoms with E-state index in [-0.39, 0.29) is 11.9 Å². The number of benzene rings is 1. The molecule has 1 fully saturated rings. The Balaban J connectivity index is 1.84. The van der Waals surface area contributed by atoms with E-state index in [0.29, 0.717) is 5.92 Å². The molecule has 0 spiro atoms. The van der Waals surface area contributed by atoms with Gasteiger partial charge in [-0.3, -0.25) is 4.79 Å². The van der Waals surface area contributed by atoms with Crippen molar-refractivity contribution in [3.05, 3.63) is 29.3 Å². The predicted molar refractivity (Wildman–Crippen MR) is 76.8 cm³/mol. The molecule has 3 rings (SSSR count). The fourth-order valence-corrected chi connectivity index (χ4v) is 3.31. The van der Waals surface area contributed by atoms with E-state index >= 15 is 0 Å². The maximum Gasteiger partial charge on any atom is 0.221 e. The fourth-order valence-electron chi connectivity index (χ4n) is 3.31. The second-order valence-corrected chi connectivity index (χ2v) is 6.06. The van der Waals surface area contributed by atoms with Crippen molar-refractivity contribution in [2.24, 2.45) is 17.6 Å². The molecular formula is C16H22N2O. The van der Waals surface area contributed by atoms with Gasteiger partial charge in [0.15, 0.2) is 0 Å². The molecule has 1 aromatic rings. The zero-order chi connectivity index (χ0) is 13.4. The molecule has 0 aromatic heterocycles. The summed E-state index contributed by atoms with van der Waals surface area (Å²) >= 11 is 0. The molecule has 2 aliphatic rings. The topological polar surface area (TPSA) is 55.1 Å². The highest BCUT2D eigenvalue weighted by Gasteiger charge is 2.33. The summed E-state index contributed by atoms with van der Waals surface area (Å²) < 4.78 is 0. The first-order valence-electron chi connectivity index (χ1n) is 7.30. The lowest BCUT2D eigenvalue weighted by Gasteiger charge is -2.32. The lowest BCUT2D eigenvalue weighted by Crippen LogP contribution is -2.28. The van der Waals surface area contributed by atoms with E-state index in [9.17, 15) is 4.79 Å². The molecule has 1 amide bonds. The molecule has 0 aliphatic heterocycles. The number of nitrogens with one attached hydrogen (secondary N) is 1. The van der Waals surface area contributed by atoms with E-state index in [0.717, 1.165) is 24.4 Å². The molecule has 0 radical (unpaired) electrons. The van der Waals surface area contributed by atoms with Crippen LogP contribution in [0, 0.1) is 11.8 Å². The normalized spacial score (nSPS) is 25.8. The van der Waals surface area contributed by atoms with Crippen molar-refractivity contribution in [1.29, 1.82) is 0 Å². The number of carbonyl (C=O) groups is 1. The highest BCUT2D eigenvalue weighted by molar-refractivity contribution is 5.89. The van der Waals surface area contributed by atoms with Crippen LogP contribution < -0.4 is 11.1 Å². The van der Waals surface area contributed by atoms with Crippen LogP contribution in [-0.2, 0) is 11.2 Å². The van der Waals surface area contributed by atoms with Crippen LogP contribution in [0.4, 0.5) is 5.69 Å². The Morgan fingerprint density at radius 1 is 1.37 bits per heavy atom. The van der Waals surface area contributed by atoms with Crippen LogP contribution in [0.5, 0.6) is 0 Å². The smallest absolute Gasteiger partial charge is 0.221 e. The van der Waals surface area contributed by atoms with E-state index in [2.05, 4.69) is 11.4 Å². The van der Waals surface area contributed by atoms with Gasteiger partial charge < -0.3 is 11.1 Å². The molecular weight excluding hydrogens is 236 g/mol. The SMILES string of the molecule is CC(=O)Nc1cccc2c1CCC(CC1CC1)C2N. The third kappa shape index (κ3) is 2.66. The molecule has 3 N–H and O–H groups in total. The standard InChI is InChI=1S/C16H22N2O/c1-10(19)18-15-4-2-3-14-13(15)8-7-12(16(14)17)9-11-5-6-11/h2-4,11-12,16H,5-9,17H2,1H3,(H,18,19). The van der Waals surface area contributed by atoms with Gasteiger partial charge in [0.2, 0.25) is 5.91 Å². The zero-order valence-corrected chi connectivity index (χ0v) is 11.5. The average Bonchev–Trinajstić information content (AvgIpc) is 3.17. The van der Waals surface area contributed by atoms with E-state index < -0.39 is 0 Å². The lowest BCUT2D eigenvalue weighted by molar-refractivity contribution is -0.114. The largest absolute Gasteiger partial charge is 0.326 e. The summed E-state index contributed by atoms with van der Waals surface area (Å²) in [5, 5.41) is 2.93. The van der Waals surface area contributed by atoms with Crippen molar-refractivity contribution < 1.29 is 4.79 Å². The van der Waals surface area contributed by atoms with Gasteiger partial charge in [0.25, 0.3) is 0 Å². The van der Waals surface area contributed by atoms with Gasteiger partial charge in [0.05, 0.1) is 0 Å². The number of nitrogens with two attached hydrogens (primary N) is 1. The van der Waals surface area contributed by atoms with Gasteiger partial charge in [-0.2, -0.15) is 0 Å². The highest BCUT2D eigenvalue weighted by Crippen LogP contribution is 2.44. The number of hydrogen-bond acceptors (Lipinski definition) is 2. The Bertz CT molecular complexity index is 494. The Morgan fingerprint density at radius 2 is 2.16 bits per heavy atom. The van der Waals surface area contributed by atoms with Crippen LogP contribution in [0.15, 0.2) is 18.2 Å². The van der Waals surface area contributed by atoms with Gasteiger partial charge in [-0.05, 0) is 48.3 Å². The zero-order valence-electron chi connectivity index (χ0n) is 11.5. The summed E-state index contributed by atoms with van der Waals surface area (Å²) in [5.74, 6) is 1.53. The molecule has 19 heavy (non-hydrogen) atoms. The number of rotatable bonds is 3. The van der Waals surface area contributed by atoms with Crippen molar-refractivity contribution in [2.45, 2.75) is 45.1 Å². The van der Waals surface area contributed by atoms with Crippen molar-refractivity contribution in [1.82, 2.24) is 0 Å². The van der Waals surface area contributed by atoms with E-state index in [1.54, 1.807) is 6.92 Å². The maximum atomic E-state index is 11.3. The Morgan fingerprint density at radius 3 is 2.84 bits per heavy atom. The molecule has 3 heteroatoms. The van der Waals surface area contributed by atoms with Gasteiger partial charge in [0.1, 0.15) is 0 Å². The third-order valence-electron chi connectivity index (χ3n) is 4.49. The van der Waals surface area contributed by atoms with Crippen molar-refractivity contribution in [2.75, 3.05) is 5.32 Å². The second kappa shape index (κ2) is 4.97.